The fourth-order valence-corrected chi connectivity index (χ4v) is 4.50. The van der Waals surface area contributed by atoms with E-state index < -0.39 is 0 Å². The minimum absolute atomic E-state index is 0.462. The molecule has 0 aromatic rings. The zero-order valence-electron chi connectivity index (χ0n) is 9.02. The molecule has 1 aliphatic carbocycles. The Morgan fingerprint density at radius 2 is 2.15 bits per heavy atom. The highest BCUT2D eigenvalue weighted by Gasteiger charge is 2.47. The number of rotatable bonds is 1. The van der Waals surface area contributed by atoms with Gasteiger partial charge in [-0.2, -0.15) is 0 Å². The van der Waals surface area contributed by atoms with E-state index in [2.05, 4.69) is 37.8 Å². The average Bonchev–Trinajstić information content (AvgIpc) is 2.57. The van der Waals surface area contributed by atoms with E-state index in [-0.39, 0.29) is 0 Å². The summed E-state index contributed by atoms with van der Waals surface area (Å²) in [6.07, 6.45) is 5.42. The SMILES string of the molecule is CCC1CSC2(CCC(C)(C)C2)N1. The molecule has 1 N–H and O–H groups in total. The van der Waals surface area contributed by atoms with Crippen molar-refractivity contribution in [1.82, 2.24) is 5.32 Å². The van der Waals surface area contributed by atoms with Crippen molar-refractivity contribution in [2.24, 2.45) is 5.41 Å². The lowest BCUT2D eigenvalue weighted by Crippen LogP contribution is -2.39. The maximum Gasteiger partial charge on any atom is 0.0653 e. The van der Waals surface area contributed by atoms with Crippen LogP contribution in [0.3, 0.4) is 0 Å². The number of nitrogens with one attached hydrogen (secondary N) is 1. The molecule has 13 heavy (non-hydrogen) atoms. The molecule has 1 heterocycles. The molecular formula is C11H21NS. The number of hydrogen-bond donors (Lipinski definition) is 1. The molecule has 0 aromatic heterocycles. The zero-order chi connectivity index (χ0) is 9.53. The number of thioether (sulfide) groups is 1. The minimum atomic E-state index is 0.462. The van der Waals surface area contributed by atoms with Crippen LogP contribution in [0.4, 0.5) is 0 Å². The summed E-state index contributed by atoms with van der Waals surface area (Å²) in [6.45, 7) is 7.10. The molecule has 1 saturated carbocycles. The van der Waals surface area contributed by atoms with E-state index in [0.29, 0.717) is 10.3 Å². The van der Waals surface area contributed by atoms with Gasteiger partial charge in [-0.1, -0.05) is 20.8 Å². The van der Waals surface area contributed by atoms with Gasteiger partial charge in [0.15, 0.2) is 0 Å². The van der Waals surface area contributed by atoms with Crippen LogP contribution in [-0.4, -0.2) is 16.7 Å². The van der Waals surface area contributed by atoms with Crippen molar-refractivity contribution in [1.29, 1.82) is 0 Å². The minimum Gasteiger partial charge on any atom is -0.299 e. The first kappa shape index (κ1) is 9.85. The van der Waals surface area contributed by atoms with E-state index in [1.54, 1.807) is 0 Å². The Labute approximate surface area is 86.0 Å². The summed E-state index contributed by atoms with van der Waals surface area (Å²) in [5.41, 5.74) is 0.572. The monoisotopic (exact) mass is 199 g/mol. The second-order valence-electron chi connectivity index (χ2n) is 5.40. The Hall–Kier alpha value is 0.310. The largest absolute Gasteiger partial charge is 0.299 e. The van der Waals surface area contributed by atoms with Crippen molar-refractivity contribution in [2.45, 2.75) is 57.4 Å². The van der Waals surface area contributed by atoms with Crippen molar-refractivity contribution in [3.05, 3.63) is 0 Å². The summed E-state index contributed by atoms with van der Waals surface area (Å²) in [5, 5.41) is 3.83. The molecule has 2 atom stereocenters. The molecule has 0 radical (unpaired) electrons. The highest BCUT2D eigenvalue weighted by molar-refractivity contribution is 8.00. The summed E-state index contributed by atoms with van der Waals surface area (Å²) in [4.78, 5) is 0.462. The third kappa shape index (κ3) is 1.89. The molecule has 2 unspecified atom stereocenters. The first-order chi connectivity index (χ1) is 6.05. The summed E-state index contributed by atoms with van der Waals surface area (Å²) < 4.78 is 0. The van der Waals surface area contributed by atoms with Gasteiger partial charge in [-0.3, -0.25) is 5.32 Å². The van der Waals surface area contributed by atoms with Crippen LogP contribution >= 0.6 is 11.8 Å². The smallest absolute Gasteiger partial charge is 0.0653 e. The summed E-state index contributed by atoms with van der Waals surface area (Å²) in [6, 6.07) is 0.777. The topological polar surface area (TPSA) is 12.0 Å². The van der Waals surface area contributed by atoms with Crippen molar-refractivity contribution < 1.29 is 0 Å². The van der Waals surface area contributed by atoms with Gasteiger partial charge in [0.25, 0.3) is 0 Å². The molecule has 1 nitrogen and oxygen atoms in total. The molecule has 2 fully saturated rings. The molecular weight excluding hydrogens is 178 g/mol. The Balaban J connectivity index is 2.01. The maximum atomic E-state index is 3.83. The molecule has 1 spiro atoms. The van der Waals surface area contributed by atoms with Crippen LogP contribution in [0.2, 0.25) is 0 Å². The van der Waals surface area contributed by atoms with E-state index in [0.717, 1.165) is 6.04 Å². The Morgan fingerprint density at radius 1 is 1.38 bits per heavy atom. The van der Waals surface area contributed by atoms with Crippen LogP contribution in [-0.2, 0) is 0 Å². The van der Waals surface area contributed by atoms with Crippen LogP contribution < -0.4 is 5.32 Å². The van der Waals surface area contributed by atoms with Gasteiger partial charge in [-0.25, -0.2) is 0 Å². The molecule has 1 saturated heterocycles. The predicted molar refractivity (Wildman–Crippen MR) is 60.0 cm³/mol. The quantitative estimate of drug-likeness (QED) is 0.697. The molecule has 0 bridgehead atoms. The third-order valence-electron chi connectivity index (χ3n) is 3.49. The van der Waals surface area contributed by atoms with E-state index in [1.807, 2.05) is 0 Å². The lowest BCUT2D eigenvalue weighted by atomic mass is 9.91. The van der Waals surface area contributed by atoms with Gasteiger partial charge in [-0.15, -0.1) is 11.8 Å². The van der Waals surface area contributed by atoms with Gasteiger partial charge in [-0.05, 0) is 31.1 Å². The van der Waals surface area contributed by atoms with Crippen molar-refractivity contribution in [3.8, 4) is 0 Å². The second-order valence-corrected chi connectivity index (χ2v) is 6.80. The van der Waals surface area contributed by atoms with Crippen LogP contribution in [0.25, 0.3) is 0 Å². The van der Waals surface area contributed by atoms with Gasteiger partial charge in [0.05, 0.1) is 4.87 Å². The summed E-state index contributed by atoms with van der Waals surface area (Å²) >= 11 is 2.18. The zero-order valence-corrected chi connectivity index (χ0v) is 9.84. The number of hydrogen-bond acceptors (Lipinski definition) is 2. The maximum absolute atomic E-state index is 3.83. The van der Waals surface area contributed by atoms with Gasteiger partial charge >= 0.3 is 0 Å². The fraction of sp³-hybridized carbons (Fsp3) is 1.00. The molecule has 2 rings (SSSR count). The van der Waals surface area contributed by atoms with Crippen LogP contribution in [0.1, 0.15) is 46.5 Å². The molecule has 0 aromatic carbocycles. The molecule has 2 aliphatic rings. The lowest BCUT2D eigenvalue weighted by Gasteiger charge is -2.26. The highest BCUT2D eigenvalue weighted by Crippen LogP contribution is 2.51. The molecule has 76 valence electrons. The highest BCUT2D eigenvalue weighted by atomic mass is 32.2. The van der Waals surface area contributed by atoms with E-state index in [4.69, 9.17) is 0 Å². The Morgan fingerprint density at radius 3 is 2.62 bits per heavy atom. The van der Waals surface area contributed by atoms with E-state index in [1.165, 1.54) is 31.4 Å². The first-order valence-electron chi connectivity index (χ1n) is 5.47. The van der Waals surface area contributed by atoms with Gasteiger partial charge in [0.1, 0.15) is 0 Å². The average molecular weight is 199 g/mol. The van der Waals surface area contributed by atoms with Gasteiger partial charge < -0.3 is 0 Å². The Kier molecular flexibility index (Phi) is 2.40. The molecule has 1 aliphatic heterocycles. The van der Waals surface area contributed by atoms with E-state index >= 15 is 0 Å². The third-order valence-corrected chi connectivity index (χ3v) is 5.08. The summed E-state index contributed by atoms with van der Waals surface area (Å²) in [5.74, 6) is 1.33. The van der Waals surface area contributed by atoms with Crippen LogP contribution in [0.5, 0.6) is 0 Å². The molecule has 0 amide bonds. The standard InChI is InChI=1S/C11H21NS/c1-4-9-7-13-11(12-9)6-5-10(2,3)8-11/h9,12H,4-8H2,1-3H3. The predicted octanol–water partition coefficient (Wildman–Crippen LogP) is 3.01. The fourth-order valence-electron chi connectivity index (χ4n) is 2.67. The van der Waals surface area contributed by atoms with Gasteiger partial charge in [0.2, 0.25) is 0 Å². The first-order valence-corrected chi connectivity index (χ1v) is 6.45. The second kappa shape index (κ2) is 3.16. The normalized spacial score (nSPS) is 43.2. The lowest BCUT2D eigenvalue weighted by molar-refractivity contribution is 0.348. The van der Waals surface area contributed by atoms with Gasteiger partial charge in [0, 0.05) is 11.8 Å². The van der Waals surface area contributed by atoms with E-state index in [9.17, 15) is 0 Å². The Bertz CT molecular complexity index is 202. The van der Waals surface area contributed by atoms with Crippen LogP contribution in [0, 0.1) is 5.41 Å². The van der Waals surface area contributed by atoms with Crippen molar-refractivity contribution in [2.75, 3.05) is 5.75 Å². The molecule has 2 heteroatoms. The summed E-state index contributed by atoms with van der Waals surface area (Å²) in [7, 11) is 0. The van der Waals surface area contributed by atoms with Crippen molar-refractivity contribution >= 4 is 11.8 Å². The van der Waals surface area contributed by atoms with Crippen molar-refractivity contribution in [3.63, 3.8) is 0 Å². The van der Waals surface area contributed by atoms with Crippen LogP contribution in [0.15, 0.2) is 0 Å².